The van der Waals surface area contributed by atoms with Gasteiger partial charge in [-0.25, -0.2) is 0 Å². The Bertz CT molecular complexity index is 267. The predicted octanol–water partition coefficient (Wildman–Crippen LogP) is -0.337. The van der Waals surface area contributed by atoms with E-state index >= 15 is 0 Å². The maximum atomic E-state index is 11.6. The van der Waals surface area contributed by atoms with E-state index in [4.69, 9.17) is 15.7 Å². The Kier molecular flexibility index (Phi) is 3.90. The molecular weight excluding hydrogens is 198 g/mol. The van der Waals surface area contributed by atoms with E-state index in [0.29, 0.717) is 6.61 Å². The lowest BCUT2D eigenvalue weighted by Crippen LogP contribution is -2.45. The van der Waals surface area contributed by atoms with Gasteiger partial charge in [0.1, 0.15) is 0 Å². The van der Waals surface area contributed by atoms with Crippen LogP contribution in [0, 0.1) is 5.92 Å². The molecule has 1 saturated heterocycles. The number of oxime groups is 1. The summed E-state index contributed by atoms with van der Waals surface area (Å²) < 4.78 is 5.31. The van der Waals surface area contributed by atoms with E-state index in [-0.39, 0.29) is 23.9 Å². The van der Waals surface area contributed by atoms with Crippen LogP contribution < -0.4 is 11.1 Å². The smallest absolute Gasteiger partial charge is 0.230 e. The third kappa shape index (κ3) is 2.82. The number of amidine groups is 1. The molecule has 15 heavy (non-hydrogen) atoms. The number of hydrogen-bond acceptors (Lipinski definition) is 4. The van der Waals surface area contributed by atoms with Gasteiger partial charge in [-0.3, -0.25) is 4.79 Å². The molecule has 3 unspecified atom stereocenters. The molecule has 1 rings (SSSR count). The number of nitrogens with two attached hydrogens (primary N) is 1. The fraction of sp³-hybridized carbons (Fsp3) is 0.778. The largest absolute Gasteiger partial charge is 0.409 e. The number of hydrogen-bond donors (Lipinski definition) is 3. The highest BCUT2D eigenvalue weighted by Crippen LogP contribution is 2.13. The van der Waals surface area contributed by atoms with Crippen LogP contribution in [0.2, 0.25) is 0 Å². The van der Waals surface area contributed by atoms with Crippen LogP contribution in [0.5, 0.6) is 0 Å². The quantitative estimate of drug-likeness (QED) is 0.260. The summed E-state index contributed by atoms with van der Waals surface area (Å²) in [7, 11) is 0. The van der Waals surface area contributed by atoms with E-state index in [1.807, 2.05) is 6.92 Å². The highest BCUT2D eigenvalue weighted by atomic mass is 16.5. The lowest BCUT2D eigenvalue weighted by atomic mass is 10.1. The summed E-state index contributed by atoms with van der Waals surface area (Å²) in [5.41, 5.74) is 5.33. The molecule has 4 N–H and O–H groups in total. The van der Waals surface area contributed by atoms with Crippen LogP contribution in [-0.2, 0) is 9.53 Å². The van der Waals surface area contributed by atoms with E-state index in [9.17, 15) is 4.79 Å². The first-order valence-corrected chi connectivity index (χ1v) is 4.95. The third-order valence-electron chi connectivity index (χ3n) is 2.66. The Morgan fingerprint density at radius 2 is 2.40 bits per heavy atom. The first kappa shape index (κ1) is 11.8. The van der Waals surface area contributed by atoms with Crippen LogP contribution in [0.15, 0.2) is 5.16 Å². The Morgan fingerprint density at radius 1 is 1.73 bits per heavy atom. The van der Waals surface area contributed by atoms with Gasteiger partial charge < -0.3 is 21.0 Å². The lowest BCUT2D eigenvalue weighted by Gasteiger charge is -2.18. The van der Waals surface area contributed by atoms with Crippen LogP contribution in [0.25, 0.3) is 0 Å². The van der Waals surface area contributed by atoms with E-state index < -0.39 is 5.92 Å². The highest BCUT2D eigenvalue weighted by Gasteiger charge is 2.28. The summed E-state index contributed by atoms with van der Waals surface area (Å²) in [5, 5.41) is 14.0. The highest BCUT2D eigenvalue weighted by molar-refractivity contribution is 6.01. The molecule has 1 fully saturated rings. The maximum absolute atomic E-state index is 11.6. The van der Waals surface area contributed by atoms with Gasteiger partial charge in [0.2, 0.25) is 5.91 Å². The van der Waals surface area contributed by atoms with Crippen molar-refractivity contribution in [2.45, 2.75) is 32.4 Å². The second-order valence-corrected chi connectivity index (χ2v) is 3.73. The van der Waals surface area contributed by atoms with Crippen LogP contribution in [0.1, 0.15) is 20.3 Å². The van der Waals surface area contributed by atoms with Gasteiger partial charge in [-0.2, -0.15) is 0 Å². The molecule has 3 atom stereocenters. The Morgan fingerprint density at radius 3 is 2.87 bits per heavy atom. The van der Waals surface area contributed by atoms with Gasteiger partial charge in [0.25, 0.3) is 0 Å². The minimum atomic E-state index is -0.622. The summed E-state index contributed by atoms with van der Waals surface area (Å²) in [6.45, 7) is 4.15. The average Bonchev–Trinajstić information content (AvgIpc) is 2.62. The fourth-order valence-corrected chi connectivity index (χ4v) is 1.45. The molecule has 0 aliphatic carbocycles. The minimum absolute atomic E-state index is 0.0199. The van der Waals surface area contributed by atoms with Gasteiger partial charge in [0, 0.05) is 6.61 Å². The molecule has 0 radical (unpaired) electrons. The van der Waals surface area contributed by atoms with Crippen molar-refractivity contribution in [3.8, 4) is 0 Å². The van der Waals surface area contributed by atoms with Crippen LogP contribution in [-0.4, -0.2) is 35.7 Å². The van der Waals surface area contributed by atoms with E-state index in [2.05, 4.69) is 10.5 Å². The molecule has 0 bridgehead atoms. The molecule has 6 heteroatoms. The molecule has 0 aromatic carbocycles. The van der Waals surface area contributed by atoms with Crippen molar-refractivity contribution in [3.05, 3.63) is 0 Å². The second kappa shape index (κ2) is 4.97. The number of carbonyl (C=O) groups excluding carboxylic acids is 1. The van der Waals surface area contributed by atoms with E-state index in [1.165, 1.54) is 0 Å². The predicted molar refractivity (Wildman–Crippen MR) is 54.5 cm³/mol. The SMILES string of the molecule is CC(C(=O)NC1CCOC1C)C(N)=NO. The number of amides is 1. The standard InChI is InChI=1S/C9H17N3O3/c1-5(8(10)12-14)9(13)11-7-3-4-15-6(7)2/h5-7,14H,3-4H2,1-2H3,(H2,10,12)(H,11,13). The van der Waals surface area contributed by atoms with E-state index in [0.717, 1.165) is 6.42 Å². The summed E-state index contributed by atoms with van der Waals surface area (Å²) in [6.07, 6.45) is 0.823. The topological polar surface area (TPSA) is 96.9 Å². The zero-order valence-corrected chi connectivity index (χ0v) is 8.93. The van der Waals surface area contributed by atoms with Crippen molar-refractivity contribution in [2.75, 3.05) is 6.61 Å². The summed E-state index contributed by atoms with van der Waals surface area (Å²) in [4.78, 5) is 11.6. The molecule has 0 saturated carbocycles. The number of ether oxygens (including phenoxy) is 1. The van der Waals surface area contributed by atoms with Gasteiger partial charge >= 0.3 is 0 Å². The van der Waals surface area contributed by atoms with Crippen molar-refractivity contribution in [1.29, 1.82) is 0 Å². The molecule has 6 nitrogen and oxygen atoms in total. The number of rotatable bonds is 3. The molecule has 0 aromatic heterocycles. The minimum Gasteiger partial charge on any atom is -0.409 e. The van der Waals surface area contributed by atoms with Crippen molar-refractivity contribution >= 4 is 11.7 Å². The first-order valence-electron chi connectivity index (χ1n) is 4.95. The molecule has 1 heterocycles. The third-order valence-corrected chi connectivity index (χ3v) is 2.66. The van der Waals surface area contributed by atoms with Gasteiger partial charge in [0.15, 0.2) is 5.84 Å². The molecular formula is C9H17N3O3. The summed E-state index contributed by atoms with van der Waals surface area (Å²) in [6, 6.07) is 0.0199. The van der Waals surface area contributed by atoms with Gasteiger partial charge in [-0.1, -0.05) is 5.16 Å². The van der Waals surface area contributed by atoms with Crippen LogP contribution in [0.3, 0.4) is 0 Å². The number of nitrogens with zero attached hydrogens (tertiary/aromatic N) is 1. The van der Waals surface area contributed by atoms with Crippen molar-refractivity contribution in [1.82, 2.24) is 5.32 Å². The molecule has 0 aromatic rings. The average molecular weight is 215 g/mol. The van der Waals surface area contributed by atoms with Crippen LogP contribution in [0.4, 0.5) is 0 Å². The first-order chi connectivity index (χ1) is 7.06. The summed E-state index contributed by atoms with van der Waals surface area (Å²) in [5.74, 6) is -0.950. The van der Waals surface area contributed by atoms with Crippen molar-refractivity contribution < 1.29 is 14.7 Å². The van der Waals surface area contributed by atoms with Crippen molar-refractivity contribution in [3.63, 3.8) is 0 Å². The monoisotopic (exact) mass is 215 g/mol. The van der Waals surface area contributed by atoms with Crippen LogP contribution >= 0.6 is 0 Å². The van der Waals surface area contributed by atoms with Gasteiger partial charge in [-0.15, -0.1) is 0 Å². The number of carbonyl (C=O) groups is 1. The molecule has 86 valence electrons. The zero-order valence-electron chi connectivity index (χ0n) is 8.93. The molecule has 0 spiro atoms. The fourth-order valence-electron chi connectivity index (χ4n) is 1.45. The van der Waals surface area contributed by atoms with Gasteiger partial charge in [0.05, 0.1) is 18.1 Å². The maximum Gasteiger partial charge on any atom is 0.230 e. The summed E-state index contributed by atoms with van der Waals surface area (Å²) >= 11 is 0. The molecule has 1 aliphatic rings. The lowest BCUT2D eigenvalue weighted by molar-refractivity contribution is -0.123. The molecule has 1 amide bonds. The Hall–Kier alpha value is -1.30. The number of nitrogens with one attached hydrogen (secondary N) is 1. The Labute approximate surface area is 88.5 Å². The zero-order chi connectivity index (χ0) is 11.4. The van der Waals surface area contributed by atoms with E-state index in [1.54, 1.807) is 6.92 Å². The van der Waals surface area contributed by atoms with Gasteiger partial charge in [-0.05, 0) is 20.3 Å². The normalized spacial score (nSPS) is 28.8. The second-order valence-electron chi connectivity index (χ2n) is 3.73. The van der Waals surface area contributed by atoms with Crippen molar-refractivity contribution in [2.24, 2.45) is 16.8 Å². The molecule has 1 aliphatic heterocycles. The Balaban J connectivity index is 2.48.